The second-order valence-electron chi connectivity index (χ2n) is 4.99. The van der Waals surface area contributed by atoms with Crippen molar-refractivity contribution in [3.05, 3.63) is 22.7 Å². The molecule has 18 heavy (non-hydrogen) atoms. The highest BCUT2D eigenvalue weighted by Gasteiger charge is 2.17. The molecule has 1 amide bonds. The van der Waals surface area contributed by atoms with Gasteiger partial charge in [-0.2, -0.15) is 0 Å². The van der Waals surface area contributed by atoms with E-state index in [1.54, 1.807) is 6.07 Å². The molecule has 0 bridgehead atoms. The third kappa shape index (κ3) is 3.73. The summed E-state index contributed by atoms with van der Waals surface area (Å²) in [6.07, 6.45) is 6.87. The van der Waals surface area contributed by atoms with E-state index in [2.05, 4.69) is 21.2 Å². The summed E-state index contributed by atoms with van der Waals surface area (Å²) in [7, 11) is 0. The van der Waals surface area contributed by atoms with Crippen LogP contribution in [0.25, 0.3) is 0 Å². The van der Waals surface area contributed by atoms with Crippen LogP contribution in [0.2, 0.25) is 0 Å². The molecule has 2 rings (SSSR count). The van der Waals surface area contributed by atoms with Crippen molar-refractivity contribution in [2.75, 3.05) is 11.1 Å². The smallest absolute Gasteiger partial charge is 0.224 e. The molecule has 0 aromatic heterocycles. The molecule has 1 fully saturated rings. The number of hydrogen-bond acceptors (Lipinski definition) is 2. The third-order valence-corrected chi connectivity index (χ3v) is 4.20. The first kappa shape index (κ1) is 13.4. The summed E-state index contributed by atoms with van der Waals surface area (Å²) < 4.78 is 0.854. The van der Waals surface area contributed by atoms with Gasteiger partial charge in [-0.25, -0.2) is 0 Å². The van der Waals surface area contributed by atoms with E-state index in [0.717, 1.165) is 10.2 Å². The molecule has 0 spiro atoms. The minimum absolute atomic E-state index is 0.101. The molecule has 1 aromatic carbocycles. The van der Waals surface area contributed by atoms with Crippen molar-refractivity contribution in [3.63, 3.8) is 0 Å². The average molecular weight is 311 g/mol. The Kier molecular flexibility index (Phi) is 4.64. The molecule has 1 aromatic rings. The number of nitrogens with two attached hydrogens (primary N) is 1. The largest absolute Gasteiger partial charge is 0.398 e. The van der Waals surface area contributed by atoms with E-state index < -0.39 is 0 Å². The maximum absolute atomic E-state index is 11.9. The lowest BCUT2D eigenvalue weighted by Crippen LogP contribution is -2.18. The van der Waals surface area contributed by atoms with Crippen molar-refractivity contribution >= 4 is 33.2 Å². The van der Waals surface area contributed by atoms with E-state index in [-0.39, 0.29) is 5.91 Å². The predicted octanol–water partition coefficient (Wildman–Crippen LogP) is 3.94. The number of nitrogens with one attached hydrogen (secondary N) is 1. The Morgan fingerprint density at radius 3 is 2.72 bits per heavy atom. The van der Waals surface area contributed by atoms with Crippen LogP contribution in [0.1, 0.15) is 38.5 Å². The van der Waals surface area contributed by atoms with Crippen LogP contribution in [0.15, 0.2) is 22.7 Å². The zero-order valence-corrected chi connectivity index (χ0v) is 12.0. The highest BCUT2D eigenvalue weighted by Crippen LogP contribution is 2.27. The summed E-state index contributed by atoms with van der Waals surface area (Å²) in [6, 6.07) is 5.49. The van der Waals surface area contributed by atoms with Gasteiger partial charge in [0.2, 0.25) is 5.91 Å². The number of amides is 1. The summed E-state index contributed by atoms with van der Waals surface area (Å²) in [5.41, 5.74) is 7.20. The molecule has 4 heteroatoms. The Balaban J connectivity index is 1.88. The Labute approximate surface area is 116 Å². The minimum atomic E-state index is 0.101. The van der Waals surface area contributed by atoms with Crippen LogP contribution >= 0.6 is 15.9 Å². The molecule has 0 heterocycles. The van der Waals surface area contributed by atoms with Gasteiger partial charge in [-0.3, -0.25) is 4.79 Å². The van der Waals surface area contributed by atoms with Gasteiger partial charge < -0.3 is 11.1 Å². The zero-order valence-electron chi connectivity index (χ0n) is 10.4. The Morgan fingerprint density at radius 2 is 2.06 bits per heavy atom. The second kappa shape index (κ2) is 6.23. The molecule has 98 valence electrons. The van der Waals surface area contributed by atoms with Crippen molar-refractivity contribution in [1.29, 1.82) is 0 Å². The minimum Gasteiger partial charge on any atom is -0.398 e. The molecular formula is C14H19BrN2O. The summed E-state index contributed by atoms with van der Waals surface area (Å²) in [4.78, 5) is 11.9. The van der Waals surface area contributed by atoms with Gasteiger partial charge >= 0.3 is 0 Å². The lowest BCUT2D eigenvalue weighted by atomic mass is 9.87. The summed E-state index contributed by atoms with van der Waals surface area (Å²) in [6.45, 7) is 0. The van der Waals surface area contributed by atoms with E-state index >= 15 is 0 Å². The van der Waals surface area contributed by atoms with Crippen molar-refractivity contribution in [2.45, 2.75) is 38.5 Å². The van der Waals surface area contributed by atoms with E-state index in [1.807, 2.05) is 12.1 Å². The molecule has 0 aliphatic heterocycles. The average Bonchev–Trinajstić information content (AvgIpc) is 2.35. The first-order valence-electron chi connectivity index (χ1n) is 6.50. The first-order chi connectivity index (χ1) is 8.65. The quantitative estimate of drug-likeness (QED) is 0.831. The first-order valence-corrected chi connectivity index (χ1v) is 7.29. The highest BCUT2D eigenvalue weighted by molar-refractivity contribution is 9.10. The number of hydrogen-bond donors (Lipinski definition) is 2. The fourth-order valence-electron chi connectivity index (χ4n) is 2.49. The Hall–Kier alpha value is -1.03. The van der Waals surface area contributed by atoms with Crippen molar-refractivity contribution in [1.82, 2.24) is 0 Å². The van der Waals surface area contributed by atoms with Gasteiger partial charge in [0.1, 0.15) is 0 Å². The van der Waals surface area contributed by atoms with Crippen molar-refractivity contribution in [3.8, 4) is 0 Å². The Bertz CT molecular complexity index is 428. The molecule has 1 saturated carbocycles. The number of anilines is 2. The summed E-state index contributed by atoms with van der Waals surface area (Å²) >= 11 is 3.34. The summed E-state index contributed by atoms with van der Waals surface area (Å²) in [5, 5.41) is 2.92. The normalized spacial score (nSPS) is 16.5. The van der Waals surface area contributed by atoms with E-state index in [1.165, 1.54) is 32.1 Å². The van der Waals surface area contributed by atoms with E-state index in [0.29, 0.717) is 18.0 Å². The lowest BCUT2D eigenvalue weighted by molar-refractivity contribution is -0.117. The van der Waals surface area contributed by atoms with Gasteiger partial charge in [0.05, 0.1) is 0 Å². The number of carbonyl (C=O) groups is 1. The molecule has 0 atom stereocenters. The lowest BCUT2D eigenvalue weighted by Gasteiger charge is -2.20. The van der Waals surface area contributed by atoms with E-state index in [4.69, 9.17) is 5.73 Å². The number of carbonyl (C=O) groups excluding carboxylic acids is 1. The second-order valence-corrected chi connectivity index (χ2v) is 5.85. The van der Waals surface area contributed by atoms with Gasteiger partial charge in [-0.15, -0.1) is 0 Å². The van der Waals surface area contributed by atoms with Gasteiger partial charge in [0.15, 0.2) is 0 Å². The molecule has 3 nitrogen and oxygen atoms in total. The van der Waals surface area contributed by atoms with Crippen LogP contribution in [-0.4, -0.2) is 5.91 Å². The molecule has 0 unspecified atom stereocenters. The monoisotopic (exact) mass is 310 g/mol. The third-order valence-electron chi connectivity index (χ3n) is 3.48. The van der Waals surface area contributed by atoms with Crippen LogP contribution in [-0.2, 0) is 4.79 Å². The zero-order chi connectivity index (χ0) is 13.0. The molecule has 0 saturated heterocycles. The SMILES string of the molecule is Nc1cc(NC(=O)CC2CCCCC2)ccc1Br. The molecule has 1 aliphatic rings. The van der Waals surface area contributed by atoms with Gasteiger partial charge in [0, 0.05) is 22.3 Å². The topological polar surface area (TPSA) is 55.1 Å². The highest BCUT2D eigenvalue weighted by atomic mass is 79.9. The number of halogens is 1. The maximum Gasteiger partial charge on any atom is 0.224 e. The van der Waals surface area contributed by atoms with Crippen LogP contribution in [0.5, 0.6) is 0 Å². The van der Waals surface area contributed by atoms with Crippen LogP contribution < -0.4 is 11.1 Å². The molecule has 3 N–H and O–H groups in total. The molecule has 1 aliphatic carbocycles. The summed E-state index contributed by atoms with van der Waals surface area (Å²) in [5.74, 6) is 0.662. The van der Waals surface area contributed by atoms with Crippen LogP contribution in [0.3, 0.4) is 0 Å². The van der Waals surface area contributed by atoms with Gasteiger partial charge in [0.25, 0.3) is 0 Å². The van der Waals surface area contributed by atoms with Gasteiger partial charge in [-0.05, 0) is 52.9 Å². The van der Waals surface area contributed by atoms with Crippen molar-refractivity contribution < 1.29 is 4.79 Å². The standard InChI is InChI=1S/C14H19BrN2O/c15-12-7-6-11(9-13(12)16)17-14(18)8-10-4-2-1-3-5-10/h6-7,9-10H,1-5,8,16H2,(H,17,18). The van der Waals surface area contributed by atoms with E-state index in [9.17, 15) is 4.79 Å². The Morgan fingerprint density at radius 1 is 1.33 bits per heavy atom. The maximum atomic E-state index is 11.9. The van der Waals surface area contributed by atoms with Crippen molar-refractivity contribution in [2.24, 2.45) is 5.92 Å². The van der Waals surface area contributed by atoms with Crippen LogP contribution in [0, 0.1) is 5.92 Å². The fraction of sp³-hybridized carbons (Fsp3) is 0.500. The fourth-order valence-corrected chi connectivity index (χ4v) is 2.73. The number of benzene rings is 1. The number of rotatable bonds is 3. The molecule has 0 radical (unpaired) electrons. The predicted molar refractivity (Wildman–Crippen MR) is 78.4 cm³/mol. The number of nitrogen functional groups attached to an aromatic ring is 1. The van der Waals surface area contributed by atoms with Gasteiger partial charge in [-0.1, -0.05) is 19.3 Å². The van der Waals surface area contributed by atoms with Crippen LogP contribution in [0.4, 0.5) is 11.4 Å². The molecular weight excluding hydrogens is 292 g/mol.